The van der Waals surface area contributed by atoms with Crippen LogP contribution in [-0.2, 0) is 10.0 Å². The first-order valence-corrected chi connectivity index (χ1v) is 8.54. The van der Waals surface area contributed by atoms with Gasteiger partial charge in [0.25, 0.3) is 0 Å². The first kappa shape index (κ1) is 14.4. The van der Waals surface area contributed by atoms with E-state index in [1.165, 1.54) is 4.31 Å². The number of sulfonamides is 1. The van der Waals surface area contributed by atoms with E-state index in [1.54, 1.807) is 30.6 Å². The van der Waals surface area contributed by atoms with Crippen LogP contribution >= 0.6 is 0 Å². The van der Waals surface area contributed by atoms with Crippen LogP contribution in [0, 0.1) is 0 Å². The molecule has 0 atom stereocenters. The van der Waals surface area contributed by atoms with Crippen LogP contribution in [-0.4, -0.2) is 42.0 Å². The molecule has 1 aliphatic carbocycles. The van der Waals surface area contributed by atoms with E-state index in [1.807, 2.05) is 6.07 Å². The van der Waals surface area contributed by atoms with Crippen LogP contribution in [0.1, 0.15) is 19.3 Å². The van der Waals surface area contributed by atoms with Gasteiger partial charge in [-0.25, -0.2) is 8.42 Å². The van der Waals surface area contributed by atoms with Crippen LogP contribution in [0.4, 0.5) is 0 Å². The van der Waals surface area contributed by atoms with Gasteiger partial charge in [0.2, 0.25) is 10.0 Å². The molecule has 0 bridgehead atoms. The first-order chi connectivity index (χ1) is 10.1. The lowest BCUT2D eigenvalue weighted by Crippen LogP contribution is -2.45. The number of aliphatic hydroxyl groups excluding tert-OH is 1. The molecular formula is C15H18N2O3S. The van der Waals surface area contributed by atoms with Gasteiger partial charge in [-0.05, 0) is 25.0 Å². The van der Waals surface area contributed by atoms with Crippen LogP contribution in [0.2, 0.25) is 0 Å². The Hall–Kier alpha value is -1.50. The van der Waals surface area contributed by atoms with Gasteiger partial charge in [-0.2, -0.15) is 4.31 Å². The third-order valence-electron chi connectivity index (χ3n) is 4.03. The Morgan fingerprint density at radius 1 is 1.29 bits per heavy atom. The molecule has 1 N–H and O–H groups in total. The molecule has 0 unspecified atom stereocenters. The second-order valence-corrected chi connectivity index (χ2v) is 7.14. The van der Waals surface area contributed by atoms with Crippen molar-refractivity contribution in [3.8, 4) is 0 Å². The van der Waals surface area contributed by atoms with Gasteiger partial charge in [0.05, 0.1) is 11.5 Å². The summed E-state index contributed by atoms with van der Waals surface area (Å²) in [5, 5.41) is 10.7. The van der Waals surface area contributed by atoms with E-state index in [4.69, 9.17) is 0 Å². The maximum Gasteiger partial charge on any atom is 0.244 e. The summed E-state index contributed by atoms with van der Waals surface area (Å²) >= 11 is 0. The minimum Gasteiger partial charge on any atom is -0.395 e. The van der Waals surface area contributed by atoms with E-state index in [0.717, 1.165) is 24.6 Å². The van der Waals surface area contributed by atoms with Gasteiger partial charge in [0.1, 0.15) is 0 Å². The molecular weight excluding hydrogens is 288 g/mol. The molecule has 0 spiro atoms. The zero-order valence-corrected chi connectivity index (χ0v) is 12.5. The highest BCUT2D eigenvalue weighted by atomic mass is 32.2. The highest BCUT2D eigenvalue weighted by Gasteiger charge is 2.35. The number of aliphatic hydroxyl groups is 1. The monoisotopic (exact) mass is 306 g/mol. The topological polar surface area (TPSA) is 70.5 Å². The molecule has 1 aromatic heterocycles. The lowest BCUT2D eigenvalue weighted by atomic mass is 9.93. The minimum absolute atomic E-state index is 0.0132. The maximum absolute atomic E-state index is 13.0. The highest BCUT2D eigenvalue weighted by molar-refractivity contribution is 7.89. The number of rotatable bonds is 5. The fourth-order valence-electron chi connectivity index (χ4n) is 2.72. The summed E-state index contributed by atoms with van der Waals surface area (Å²) in [5.74, 6) is 0. The molecule has 1 saturated carbocycles. The normalized spacial score (nSPS) is 16.3. The molecule has 112 valence electrons. The van der Waals surface area contributed by atoms with Crippen molar-refractivity contribution in [3.05, 3.63) is 36.7 Å². The van der Waals surface area contributed by atoms with Crippen molar-refractivity contribution in [1.82, 2.24) is 9.29 Å². The molecule has 1 aliphatic rings. The van der Waals surface area contributed by atoms with E-state index < -0.39 is 10.0 Å². The molecule has 21 heavy (non-hydrogen) atoms. The number of hydrogen-bond acceptors (Lipinski definition) is 4. The number of benzene rings is 1. The van der Waals surface area contributed by atoms with Gasteiger partial charge < -0.3 is 5.11 Å². The average Bonchev–Trinajstić information content (AvgIpc) is 2.44. The molecule has 1 fully saturated rings. The summed E-state index contributed by atoms with van der Waals surface area (Å²) < 4.78 is 27.4. The van der Waals surface area contributed by atoms with Gasteiger partial charge in [-0.3, -0.25) is 4.98 Å². The lowest BCUT2D eigenvalue weighted by Gasteiger charge is -2.36. The molecule has 0 aliphatic heterocycles. The standard InChI is InChI=1S/C15H18N2O3S/c18-10-9-17(13-4-2-5-13)21(19,20)15-6-1-3-12-11-16-8-7-14(12)15/h1,3,6-8,11,13,18H,2,4-5,9-10H2. The van der Waals surface area contributed by atoms with E-state index in [2.05, 4.69) is 4.98 Å². The molecule has 1 aromatic carbocycles. The van der Waals surface area contributed by atoms with E-state index in [-0.39, 0.29) is 19.2 Å². The Balaban J connectivity index is 2.10. The SMILES string of the molecule is O=S(=O)(c1cccc2cnccc12)N(CCO)C1CCC1. The zero-order chi connectivity index (χ0) is 14.9. The van der Waals surface area contributed by atoms with Crippen LogP contribution in [0.3, 0.4) is 0 Å². The summed E-state index contributed by atoms with van der Waals surface area (Å²) in [6.45, 7) is -0.0173. The summed E-state index contributed by atoms with van der Waals surface area (Å²) in [4.78, 5) is 4.33. The molecule has 2 aromatic rings. The van der Waals surface area contributed by atoms with Crippen LogP contribution in [0.5, 0.6) is 0 Å². The second-order valence-electron chi connectivity index (χ2n) is 5.28. The van der Waals surface area contributed by atoms with Crippen molar-refractivity contribution >= 4 is 20.8 Å². The largest absolute Gasteiger partial charge is 0.395 e. The predicted molar refractivity (Wildman–Crippen MR) is 80.4 cm³/mol. The Labute approximate surface area is 124 Å². The molecule has 0 saturated heterocycles. The summed E-state index contributed by atoms with van der Waals surface area (Å²) in [6, 6.07) is 6.94. The molecule has 0 amide bonds. The minimum atomic E-state index is -3.60. The molecule has 6 heteroatoms. The van der Waals surface area contributed by atoms with Gasteiger partial charge >= 0.3 is 0 Å². The van der Waals surface area contributed by atoms with Crippen LogP contribution in [0.25, 0.3) is 10.8 Å². The van der Waals surface area contributed by atoms with Crippen molar-refractivity contribution < 1.29 is 13.5 Å². The third-order valence-corrected chi connectivity index (χ3v) is 6.04. The van der Waals surface area contributed by atoms with Crippen molar-refractivity contribution in [2.45, 2.75) is 30.2 Å². The van der Waals surface area contributed by atoms with E-state index >= 15 is 0 Å². The highest BCUT2D eigenvalue weighted by Crippen LogP contribution is 2.32. The third kappa shape index (κ3) is 2.54. The van der Waals surface area contributed by atoms with Crippen LogP contribution in [0.15, 0.2) is 41.6 Å². The van der Waals surface area contributed by atoms with Crippen LogP contribution < -0.4 is 0 Å². The van der Waals surface area contributed by atoms with Crippen molar-refractivity contribution in [2.24, 2.45) is 0 Å². The van der Waals surface area contributed by atoms with Gasteiger partial charge in [-0.1, -0.05) is 18.6 Å². The number of aromatic nitrogens is 1. The maximum atomic E-state index is 13.0. The fraction of sp³-hybridized carbons (Fsp3) is 0.400. The van der Waals surface area contributed by atoms with Crippen molar-refractivity contribution in [1.29, 1.82) is 0 Å². The predicted octanol–water partition coefficient (Wildman–Crippen LogP) is 1.77. The van der Waals surface area contributed by atoms with E-state index in [0.29, 0.717) is 10.3 Å². The Bertz CT molecular complexity index is 736. The summed E-state index contributed by atoms with van der Waals surface area (Å²) in [5.41, 5.74) is 0. The Kier molecular flexibility index (Phi) is 3.93. The second kappa shape index (κ2) is 5.71. The number of nitrogens with zero attached hydrogens (tertiary/aromatic N) is 2. The smallest absolute Gasteiger partial charge is 0.244 e. The fourth-order valence-corrected chi connectivity index (χ4v) is 4.61. The zero-order valence-electron chi connectivity index (χ0n) is 11.6. The summed E-state index contributed by atoms with van der Waals surface area (Å²) in [7, 11) is -3.60. The van der Waals surface area contributed by atoms with E-state index in [9.17, 15) is 13.5 Å². The molecule has 0 radical (unpaired) electrons. The van der Waals surface area contributed by atoms with Crippen molar-refractivity contribution in [3.63, 3.8) is 0 Å². The lowest BCUT2D eigenvalue weighted by molar-refractivity contribution is 0.178. The quantitative estimate of drug-likeness (QED) is 0.914. The number of pyridine rings is 1. The van der Waals surface area contributed by atoms with Crippen molar-refractivity contribution in [2.75, 3.05) is 13.2 Å². The van der Waals surface area contributed by atoms with Gasteiger partial charge in [0.15, 0.2) is 0 Å². The number of hydrogen-bond donors (Lipinski definition) is 1. The first-order valence-electron chi connectivity index (χ1n) is 7.10. The molecule has 5 nitrogen and oxygen atoms in total. The summed E-state index contributed by atoms with van der Waals surface area (Å²) in [6.07, 6.45) is 6.04. The Morgan fingerprint density at radius 3 is 2.76 bits per heavy atom. The molecule has 3 rings (SSSR count). The van der Waals surface area contributed by atoms with Gasteiger partial charge in [0, 0.05) is 35.8 Å². The molecule has 1 heterocycles. The Morgan fingerprint density at radius 2 is 2.10 bits per heavy atom. The average molecular weight is 306 g/mol. The van der Waals surface area contributed by atoms with Gasteiger partial charge in [-0.15, -0.1) is 0 Å². The number of fused-ring (bicyclic) bond motifs is 1.